The van der Waals surface area contributed by atoms with Gasteiger partial charge in [-0.15, -0.1) is 12.3 Å². The quantitative estimate of drug-likeness (QED) is 0.710. The lowest BCUT2D eigenvalue weighted by atomic mass is 9.88. The van der Waals surface area contributed by atoms with Crippen molar-refractivity contribution < 1.29 is 14.6 Å². The second-order valence-electron chi connectivity index (χ2n) is 4.33. The Bertz CT molecular complexity index is 250. The Labute approximate surface area is 90.8 Å². The molecule has 2 rings (SSSR count). The van der Waals surface area contributed by atoms with Crippen molar-refractivity contribution in [1.29, 1.82) is 0 Å². The number of terminal acetylenes is 1. The van der Waals surface area contributed by atoms with E-state index in [0.717, 1.165) is 19.3 Å². The first-order valence-electron chi connectivity index (χ1n) is 5.64. The van der Waals surface area contributed by atoms with Crippen LogP contribution in [0.4, 0.5) is 0 Å². The summed E-state index contributed by atoms with van der Waals surface area (Å²) in [4.78, 5) is 0. The summed E-state index contributed by atoms with van der Waals surface area (Å²) in [5, 5.41) is 9.01. The van der Waals surface area contributed by atoms with Crippen LogP contribution in [-0.2, 0) is 9.47 Å². The molecule has 1 N–H and O–H groups in total. The molecule has 2 atom stereocenters. The highest BCUT2D eigenvalue weighted by atomic mass is 16.7. The van der Waals surface area contributed by atoms with Gasteiger partial charge in [0.05, 0.1) is 13.2 Å². The van der Waals surface area contributed by atoms with E-state index in [1.165, 1.54) is 0 Å². The molecule has 0 aromatic carbocycles. The maximum atomic E-state index is 9.01. The zero-order valence-corrected chi connectivity index (χ0v) is 8.95. The average molecular weight is 210 g/mol. The van der Waals surface area contributed by atoms with Crippen LogP contribution in [-0.4, -0.2) is 30.7 Å². The lowest BCUT2D eigenvalue weighted by molar-refractivity contribution is -0.185. The summed E-state index contributed by atoms with van der Waals surface area (Å²) in [5.74, 6) is 2.99. The normalized spacial score (nSPS) is 33.3. The molecule has 3 nitrogen and oxygen atoms in total. The van der Waals surface area contributed by atoms with Gasteiger partial charge in [0, 0.05) is 25.4 Å². The van der Waals surface area contributed by atoms with Crippen LogP contribution in [0.15, 0.2) is 0 Å². The number of hydrogen-bond donors (Lipinski definition) is 1. The maximum absolute atomic E-state index is 9.01. The van der Waals surface area contributed by atoms with E-state index in [4.69, 9.17) is 21.0 Å². The van der Waals surface area contributed by atoms with E-state index < -0.39 is 5.79 Å². The van der Waals surface area contributed by atoms with E-state index >= 15 is 0 Å². The largest absolute Gasteiger partial charge is 0.396 e. The van der Waals surface area contributed by atoms with Crippen molar-refractivity contribution in [2.45, 2.75) is 31.5 Å². The van der Waals surface area contributed by atoms with Gasteiger partial charge in [-0.25, -0.2) is 0 Å². The van der Waals surface area contributed by atoms with E-state index in [9.17, 15) is 0 Å². The van der Waals surface area contributed by atoms with Gasteiger partial charge >= 0.3 is 0 Å². The van der Waals surface area contributed by atoms with Gasteiger partial charge < -0.3 is 14.6 Å². The molecule has 0 aromatic heterocycles. The smallest absolute Gasteiger partial charge is 0.172 e. The number of aliphatic hydroxyl groups excluding tert-OH is 1. The minimum absolute atomic E-state index is 0.224. The second-order valence-corrected chi connectivity index (χ2v) is 4.33. The highest BCUT2D eigenvalue weighted by Gasteiger charge is 2.51. The SMILES string of the molecule is C#CC[C@H]1[C@H](CCO)CCC12OCCO2. The lowest BCUT2D eigenvalue weighted by Gasteiger charge is -2.30. The highest BCUT2D eigenvalue weighted by Crippen LogP contribution is 2.48. The van der Waals surface area contributed by atoms with E-state index in [2.05, 4.69) is 5.92 Å². The van der Waals surface area contributed by atoms with Crippen LogP contribution in [0.5, 0.6) is 0 Å². The molecule has 0 unspecified atom stereocenters. The standard InChI is InChI=1S/C12H18O3/c1-2-3-11-10(5-7-13)4-6-12(11)14-8-9-15-12/h1,10-11,13H,3-9H2/t10-,11-/m0/s1. The average Bonchev–Trinajstić information content (AvgIpc) is 2.82. The van der Waals surface area contributed by atoms with Crippen LogP contribution in [0.3, 0.4) is 0 Å². The first-order chi connectivity index (χ1) is 7.32. The number of hydrogen-bond acceptors (Lipinski definition) is 3. The van der Waals surface area contributed by atoms with Gasteiger partial charge in [0.2, 0.25) is 0 Å². The summed E-state index contributed by atoms with van der Waals surface area (Å²) in [6.45, 7) is 1.57. The van der Waals surface area contributed by atoms with E-state index in [1.54, 1.807) is 0 Å². The van der Waals surface area contributed by atoms with Crippen molar-refractivity contribution in [1.82, 2.24) is 0 Å². The monoisotopic (exact) mass is 210 g/mol. The molecule has 1 aliphatic heterocycles. The molecule has 1 aliphatic carbocycles. The second kappa shape index (κ2) is 4.52. The van der Waals surface area contributed by atoms with Gasteiger partial charge in [-0.2, -0.15) is 0 Å². The molecule has 3 heteroatoms. The lowest BCUT2D eigenvalue weighted by Crippen LogP contribution is -2.36. The molecule has 1 spiro atoms. The molecule has 15 heavy (non-hydrogen) atoms. The van der Waals surface area contributed by atoms with Gasteiger partial charge in [-0.05, 0) is 18.8 Å². The van der Waals surface area contributed by atoms with Crippen LogP contribution in [0.1, 0.15) is 25.7 Å². The number of rotatable bonds is 3. The Kier molecular flexibility index (Phi) is 3.30. The molecular formula is C12H18O3. The topological polar surface area (TPSA) is 38.7 Å². The molecule has 0 radical (unpaired) electrons. The van der Waals surface area contributed by atoms with Gasteiger partial charge in [-0.3, -0.25) is 0 Å². The molecule has 0 aromatic rings. The Hall–Kier alpha value is -0.560. The van der Waals surface area contributed by atoms with Crippen LogP contribution < -0.4 is 0 Å². The molecule has 2 aliphatic rings. The summed E-state index contributed by atoms with van der Waals surface area (Å²) in [5.41, 5.74) is 0. The van der Waals surface area contributed by atoms with E-state index in [0.29, 0.717) is 25.6 Å². The van der Waals surface area contributed by atoms with Gasteiger partial charge in [0.15, 0.2) is 5.79 Å². The van der Waals surface area contributed by atoms with Gasteiger partial charge in [0.1, 0.15) is 0 Å². The zero-order valence-electron chi connectivity index (χ0n) is 8.95. The molecule has 0 bridgehead atoms. The van der Waals surface area contributed by atoms with Crippen molar-refractivity contribution in [2.75, 3.05) is 19.8 Å². The van der Waals surface area contributed by atoms with Gasteiger partial charge in [-0.1, -0.05) is 0 Å². The van der Waals surface area contributed by atoms with Crippen LogP contribution in [0.2, 0.25) is 0 Å². The minimum Gasteiger partial charge on any atom is -0.396 e. The summed E-state index contributed by atoms with van der Waals surface area (Å²) < 4.78 is 11.5. The number of ether oxygens (including phenoxy) is 2. The van der Waals surface area contributed by atoms with E-state index in [1.807, 2.05) is 0 Å². The third-order valence-corrected chi connectivity index (χ3v) is 3.61. The Morgan fingerprint density at radius 2 is 2.13 bits per heavy atom. The molecule has 1 saturated heterocycles. The fourth-order valence-corrected chi connectivity index (χ4v) is 2.92. The third kappa shape index (κ3) is 1.90. The highest BCUT2D eigenvalue weighted by molar-refractivity contribution is 5.00. The fraction of sp³-hybridized carbons (Fsp3) is 0.833. The summed E-state index contributed by atoms with van der Waals surface area (Å²) in [7, 11) is 0. The van der Waals surface area contributed by atoms with Crippen molar-refractivity contribution in [3.8, 4) is 12.3 Å². The Morgan fingerprint density at radius 3 is 2.73 bits per heavy atom. The van der Waals surface area contributed by atoms with Gasteiger partial charge in [0.25, 0.3) is 0 Å². The van der Waals surface area contributed by atoms with Crippen molar-refractivity contribution >= 4 is 0 Å². The summed E-state index contributed by atoms with van der Waals surface area (Å²) in [6.07, 6.45) is 8.85. The Balaban J connectivity index is 2.09. The molecule has 2 fully saturated rings. The molecule has 1 heterocycles. The van der Waals surface area contributed by atoms with Crippen LogP contribution in [0.25, 0.3) is 0 Å². The summed E-state index contributed by atoms with van der Waals surface area (Å²) in [6, 6.07) is 0. The summed E-state index contributed by atoms with van der Waals surface area (Å²) >= 11 is 0. The van der Waals surface area contributed by atoms with Crippen LogP contribution in [0, 0.1) is 24.2 Å². The molecule has 1 saturated carbocycles. The van der Waals surface area contributed by atoms with Crippen LogP contribution >= 0.6 is 0 Å². The number of aliphatic hydroxyl groups is 1. The minimum atomic E-state index is -0.424. The van der Waals surface area contributed by atoms with Crippen molar-refractivity contribution in [3.63, 3.8) is 0 Å². The third-order valence-electron chi connectivity index (χ3n) is 3.61. The molecule has 84 valence electrons. The first-order valence-corrected chi connectivity index (χ1v) is 5.64. The Morgan fingerprint density at radius 1 is 1.40 bits per heavy atom. The fourth-order valence-electron chi connectivity index (χ4n) is 2.92. The predicted molar refractivity (Wildman–Crippen MR) is 56.0 cm³/mol. The maximum Gasteiger partial charge on any atom is 0.172 e. The molecular weight excluding hydrogens is 192 g/mol. The predicted octanol–water partition coefficient (Wildman–Crippen LogP) is 1.16. The van der Waals surface area contributed by atoms with Crippen molar-refractivity contribution in [2.24, 2.45) is 11.8 Å². The van der Waals surface area contributed by atoms with E-state index in [-0.39, 0.29) is 12.5 Å². The van der Waals surface area contributed by atoms with Crippen molar-refractivity contribution in [3.05, 3.63) is 0 Å². The molecule has 0 amide bonds. The first kappa shape index (κ1) is 10.9. The zero-order chi connectivity index (χ0) is 10.7.